The van der Waals surface area contributed by atoms with Gasteiger partial charge in [-0.05, 0) is 17.7 Å². The molecule has 0 radical (unpaired) electrons. The minimum absolute atomic E-state index is 0.173. The van der Waals surface area contributed by atoms with Crippen LogP contribution in [0.4, 0.5) is 0 Å². The van der Waals surface area contributed by atoms with Crippen LogP contribution in [0.15, 0.2) is 28.7 Å². The molecule has 2 atom stereocenters. The summed E-state index contributed by atoms with van der Waals surface area (Å²) in [5, 5.41) is -0.395. The summed E-state index contributed by atoms with van der Waals surface area (Å²) >= 11 is 3.37. The van der Waals surface area contributed by atoms with Gasteiger partial charge in [0.1, 0.15) is 0 Å². The zero-order valence-corrected chi connectivity index (χ0v) is 11.9. The van der Waals surface area contributed by atoms with Crippen molar-refractivity contribution in [3.63, 3.8) is 0 Å². The largest absolute Gasteiger partial charge is 0.256 e. The van der Waals surface area contributed by atoms with Crippen molar-refractivity contribution in [2.75, 3.05) is 12.3 Å². The molecule has 0 bridgehead atoms. The molecule has 1 heterocycles. The number of hydrogen-bond acceptors (Lipinski definition) is 4. The maximum atomic E-state index is 12.0. The fourth-order valence-electron chi connectivity index (χ4n) is 2.00. The first-order chi connectivity index (χ1) is 8.04. The maximum Gasteiger partial charge on any atom is 0.156 e. The lowest BCUT2D eigenvalue weighted by atomic mass is 10.1. The van der Waals surface area contributed by atoms with E-state index in [0.717, 1.165) is 10.0 Å². The molecule has 6 heteroatoms. The molecule has 0 spiro atoms. The fourth-order valence-corrected chi connectivity index (χ4v) is 3.67. The first-order valence-corrected chi connectivity index (χ1v) is 8.01. The van der Waals surface area contributed by atoms with Crippen LogP contribution in [0.5, 0.6) is 0 Å². The number of sulfone groups is 1. The van der Waals surface area contributed by atoms with Crippen LogP contribution in [-0.2, 0) is 9.84 Å². The van der Waals surface area contributed by atoms with Gasteiger partial charge in [0.05, 0.1) is 11.3 Å². The molecule has 4 nitrogen and oxygen atoms in total. The van der Waals surface area contributed by atoms with E-state index in [1.165, 1.54) is 0 Å². The Balaban J connectivity index is 2.29. The predicted octanol–water partition coefficient (Wildman–Crippen LogP) is 1.40. The lowest BCUT2D eigenvalue weighted by molar-refractivity contribution is 0.554. The summed E-state index contributed by atoms with van der Waals surface area (Å²) in [7, 11) is -3.04. The molecule has 2 rings (SSSR count). The molecular weight excluding hydrogens is 304 g/mol. The number of hydrazine groups is 1. The van der Waals surface area contributed by atoms with Crippen molar-refractivity contribution >= 4 is 25.8 Å². The molecule has 1 aliphatic heterocycles. The van der Waals surface area contributed by atoms with E-state index in [4.69, 9.17) is 0 Å². The van der Waals surface area contributed by atoms with Crippen molar-refractivity contribution in [1.29, 1.82) is 0 Å². The van der Waals surface area contributed by atoms with Crippen LogP contribution in [-0.4, -0.2) is 26.0 Å². The lowest BCUT2D eigenvalue weighted by Gasteiger charge is -2.18. The SMILES string of the molecule is CCS(=O)(=O)C1CNNC1c1ccc(Br)cc1. The fraction of sp³-hybridized carbons (Fsp3) is 0.455. The smallest absolute Gasteiger partial charge is 0.156 e. The van der Waals surface area contributed by atoms with Crippen LogP contribution >= 0.6 is 15.9 Å². The number of hydrogen-bond donors (Lipinski definition) is 2. The van der Waals surface area contributed by atoms with Crippen molar-refractivity contribution in [3.05, 3.63) is 34.3 Å². The van der Waals surface area contributed by atoms with Crippen molar-refractivity contribution < 1.29 is 8.42 Å². The Morgan fingerprint density at radius 2 is 2.00 bits per heavy atom. The quantitative estimate of drug-likeness (QED) is 0.884. The Morgan fingerprint density at radius 1 is 1.35 bits per heavy atom. The molecule has 17 heavy (non-hydrogen) atoms. The summed E-state index contributed by atoms with van der Waals surface area (Å²) in [5.74, 6) is 0.175. The van der Waals surface area contributed by atoms with Crippen LogP contribution in [0.1, 0.15) is 18.5 Å². The Labute approximate surface area is 110 Å². The Kier molecular flexibility index (Phi) is 3.87. The molecular formula is C11H15BrN2O2S. The van der Waals surface area contributed by atoms with E-state index in [1.807, 2.05) is 24.3 Å². The van der Waals surface area contributed by atoms with Crippen LogP contribution in [0.3, 0.4) is 0 Å². The maximum absolute atomic E-state index is 12.0. The van der Waals surface area contributed by atoms with Gasteiger partial charge in [-0.3, -0.25) is 5.43 Å². The molecule has 2 N–H and O–H groups in total. The highest BCUT2D eigenvalue weighted by molar-refractivity contribution is 9.10. The van der Waals surface area contributed by atoms with Gasteiger partial charge in [0.25, 0.3) is 0 Å². The predicted molar refractivity (Wildman–Crippen MR) is 71.3 cm³/mol. The minimum atomic E-state index is -3.04. The number of benzene rings is 1. The van der Waals surface area contributed by atoms with Crippen molar-refractivity contribution in [3.8, 4) is 0 Å². The highest BCUT2D eigenvalue weighted by Gasteiger charge is 2.37. The van der Waals surface area contributed by atoms with Gasteiger partial charge in [0.2, 0.25) is 0 Å². The monoisotopic (exact) mass is 318 g/mol. The van der Waals surface area contributed by atoms with Gasteiger partial charge in [0.15, 0.2) is 9.84 Å². The van der Waals surface area contributed by atoms with Gasteiger partial charge in [0, 0.05) is 16.8 Å². The summed E-state index contributed by atoms with van der Waals surface area (Å²) in [5.41, 5.74) is 6.96. The number of rotatable bonds is 3. The van der Waals surface area contributed by atoms with E-state index in [0.29, 0.717) is 6.54 Å². The van der Waals surface area contributed by atoms with Crippen LogP contribution in [0.25, 0.3) is 0 Å². The molecule has 0 saturated carbocycles. The first kappa shape index (κ1) is 13.0. The Bertz CT molecular complexity index is 487. The third-order valence-corrected chi connectivity index (χ3v) is 5.72. The van der Waals surface area contributed by atoms with Crippen molar-refractivity contribution in [1.82, 2.24) is 10.9 Å². The van der Waals surface area contributed by atoms with E-state index in [1.54, 1.807) is 6.92 Å². The molecule has 0 aromatic heterocycles. The molecule has 0 aliphatic carbocycles. The molecule has 1 aliphatic rings. The summed E-state index contributed by atoms with van der Waals surface area (Å²) in [6, 6.07) is 7.54. The van der Waals surface area contributed by atoms with Crippen LogP contribution < -0.4 is 10.9 Å². The van der Waals surface area contributed by atoms with Crippen molar-refractivity contribution in [2.24, 2.45) is 0 Å². The summed E-state index contributed by atoms with van der Waals surface area (Å²) in [4.78, 5) is 0. The third kappa shape index (κ3) is 2.70. The number of nitrogens with one attached hydrogen (secondary N) is 2. The van der Waals surface area contributed by atoms with Gasteiger partial charge in [-0.2, -0.15) is 0 Å². The highest BCUT2D eigenvalue weighted by atomic mass is 79.9. The summed E-state index contributed by atoms with van der Waals surface area (Å²) < 4.78 is 24.9. The van der Waals surface area contributed by atoms with E-state index >= 15 is 0 Å². The lowest BCUT2D eigenvalue weighted by Crippen LogP contribution is -2.31. The number of halogens is 1. The topological polar surface area (TPSA) is 58.2 Å². The molecule has 1 fully saturated rings. The average Bonchev–Trinajstić information content (AvgIpc) is 2.80. The molecule has 2 unspecified atom stereocenters. The first-order valence-electron chi connectivity index (χ1n) is 5.50. The second-order valence-electron chi connectivity index (χ2n) is 4.04. The molecule has 94 valence electrons. The summed E-state index contributed by atoms with van der Waals surface area (Å²) in [6.07, 6.45) is 0. The molecule has 0 amide bonds. The highest BCUT2D eigenvalue weighted by Crippen LogP contribution is 2.26. The average molecular weight is 319 g/mol. The van der Waals surface area contributed by atoms with E-state index < -0.39 is 15.1 Å². The second-order valence-corrected chi connectivity index (χ2v) is 7.47. The minimum Gasteiger partial charge on any atom is -0.256 e. The van der Waals surface area contributed by atoms with E-state index in [-0.39, 0.29) is 11.8 Å². The van der Waals surface area contributed by atoms with Crippen LogP contribution in [0, 0.1) is 0 Å². The second kappa shape index (κ2) is 5.06. The Hall–Kier alpha value is -0.430. The van der Waals surface area contributed by atoms with Gasteiger partial charge < -0.3 is 0 Å². The standard InChI is InChI=1S/C11H15BrN2O2S/c1-2-17(15,16)10-7-13-14-11(10)8-3-5-9(12)6-4-8/h3-6,10-11,13-14H,2,7H2,1H3. The zero-order valence-electron chi connectivity index (χ0n) is 9.48. The van der Waals surface area contributed by atoms with Gasteiger partial charge in [-0.15, -0.1) is 0 Å². The third-order valence-electron chi connectivity index (χ3n) is 3.03. The molecule has 1 aromatic rings. The normalized spacial score (nSPS) is 25.1. The van der Waals surface area contributed by atoms with Gasteiger partial charge in [-0.1, -0.05) is 35.0 Å². The van der Waals surface area contributed by atoms with Gasteiger partial charge in [-0.25, -0.2) is 13.8 Å². The van der Waals surface area contributed by atoms with Crippen molar-refractivity contribution in [2.45, 2.75) is 18.2 Å². The van der Waals surface area contributed by atoms with E-state index in [9.17, 15) is 8.42 Å². The molecule has 1 saturated heterocycles. The van der Waals surface area contributed by atoms with E-state index in [2.05, 4.69) is 26.8 Å². The molecule has 1 aromatic carbocycles. The zero-order chi connectivity index (χ0) is 12.5. The van der Waals surface area contributed by atoms with Crippen LogP contribution in [0.2, 0.25) is 0 Å². The summed E-state index contributed by atoms with van der Waals surface area (Å²) in [6.45, 7) is 2.14. The Morgan fingerprint density at radius 3 is 2.59 bits per heavy atom. The van der Waals surface area contributed by atoms with Gasteiger partial charge >= 0.3 is 0 Å².